The molecule has 42 heavy (non-hydrogen) atoms. The Labute approximate surface area is 252 Å². The van der Waals surface area contributed by atoms with Gasteiger partial charge in [-0.15, -0.1) is 0 Å². The van der Waals surface area contributed by atoms with Gasteiger partial charge in [0, 0.05) is 38.4 Å². The largest absolute Gasteiger partial charge is 0.493 e. The number of nitrogens with zero attached hydrogens (tertiary/aromatic N) is 2. The highest BCUT2D eigenvalue weighted by molar-refractivity contribution is 5.95. The Balaban J connectivity index is 1.72. The molecule has 1 aliphatic rings. The third-order valence-corrected chi connectivity index (χ3v) is 7.64. The first-order valence-corrected chi connectivity index (χ1v) is 15.3. The lowest BCUT2D eigenvalue weighted by Crippen LogP contribution is -2.51. The molecule has 2 aromatic rings. The Bertz CT molecular complexity index is 1140. The van der Waals surface area contributed by atoms with Crippen LogP contribution in [0.3, 0.4) is 0 Å². The van der Waals surface area contributed by atoms with Crippen LogP contribution >= 0.6 is 0 Å². The third kappa shape index (κ3) is 9.93. The van der Waals surface area contributed by atoms with Crippen LogP contribution in [0.2, 0.25) is 0 Å². The lowest BCUT2D eigenvalue weighted by Gasteiger charge is -2.32. The molecule has 2 unspecified atom stereocenters. The Morgan fingerprint density at radius 3 is 2.19 bits per heavy atom. The first-order valence-electron chi connectivity index (χ1n) is 15.3. The molecule has 2 atom stereocenters. The maximum absolute atomic E-state index is 13.8. The van der Waals surface area contributed by atoms with Gasteiger partial charge >= 0.3 is 0 Å². The summed E-state index contributed by atoms with van der Waals surface area (Å²) in [4.78, 5) is 30.5. The molecule has 2 aromatic carbocycles. The van der Waals surface area contributed by atoms with Crippen molar-refractivity contribution >= 4 is 17.5 Å². The predicted octanol–water partition coefficient (Wildman–Crippen LogP) is 5.32. The summed E-state index contributed by atoms with van der Waals surface area (Å²) in [6.07, 6.45) is 4.45. The molecule has 0 radical (unpaired) electrons. The second-order valence-corrected chi connectivity index (χ2v) is 12.6. The third-order valence-electron chi connectivity index (χ3n) is 7.64. The second-order valence-electron chi connectivity index (χ2n) is 12.6. The van der Waals surface area contributed by atoms with E-state index in [1.807, 2.05) is 57.1 Å². The molecular formula is C34H51N3O5. The number of anilines is 1. The molecule has 232 valence electrons. The van der Waals surface area contributed by atoms with Gasteiger partial charge in [0.2, 0.25) is 5.91 Å². The van der Waals surface area contributed by atoms with Gasteiger partial charge in [0.25, 0.3) is 5.91 Å². The van der Waals surface area contributed by atoms with Crippen molar-refractivity contribution in [2.24, 2.45) is 11.8 Å². The Kier molecular flexibility index (Phi) is 12.5. The highest BCUT2D eigenvalue weighted by Crippen LogP contribution is 2.33. The summed E-state index contributed by atoms with van der Waals surface area (Å²) < 4.78 is 11.7. The first-order chi connectivity index (χ1) is 20.0. The fourth-order valence-corrected chi connectivity index (χ4v) is 5.48. The summed E-state index contributed by atoms with van der Waals surface area (Å²) in [6.45, 7) is 8.78. The molecule has 0 bridgehead atoms. The van der Waals surface area contributed by atoms with Crippen LogP contribution in [0.25, 0.3) is 0 Å². The summed E-state index contributed by atoms with van der Waals surface area (Å²) >= 11 is 0. The van der Waals surface area contributed by atoms with Crippen molar-refractivity contribution in [2.45, 2.75) is 84.5 Å². The minimum atomic E-state index is -0.929. The van der Waals surface area contributed by atoms with E-state index in [0.29, 0.717) is 30.0 Å². The zero-order chi connectivity index (χ0) is 30.8. The zero-order valence-electron chi connectivity index (χ0n) is 26.6. The molecular weight excluding hydrogens is 530 g/mol. The highest BCUT2D eigenvalue weighted by Gasteiger charge is 2.28. The lowest BCUT2D eigenvalue weighted by molar-refractivity contribution is -0.122. The Hall–Kier alpha value is -3.26. The number of benzene rings is 2. The number of rotatable bonds is 15. The van der Waals surface area contributed by atoms with Gasteiger partial charge in [-0.25, -0.2) is 0 Å². The average molecular weight is 582 g/mol. The molecule has 1 aliphatic carbocycles. The number of amides is 2. The minimum absolute atomic E-state index is 0.106. The predicted molar refractivity (Wildman–Crippen MR) is 168 cm³/mol. The quantitative estimate of drug-likeness (QED) is 0.296. The van der Waals surface area contributed by atoms with Crippen molar-refractivity contribution < 1.29 is 24.2 Å². The fourth-order valence-electron chi connectivity index (χ4n) is 5.48. The maximum Gasteiger partial charge on any atom is 0.254 e. The van der Waals surface area contributed by atoms with E-state index in [-0.39, 0.29) is 42.7 Å². The zero-order valence-corrected chi connectivity index (χ0v) is 26.6. The molecule has 3 rings (SSSR count). The van der Waals surface area contributed by atoms with Crippen LogP contribution in [0, 0.1) is 11.8 Å². The Morgan fingerprint density at radius 2 is 1.62 bits per heavy atom. The number of methoxy groups -OCH3 is 1. The van der Waals surface area contributed by atoms with Gasteiger partial charge in [-0.2, -0.15) is 0 Å². The van der Waals surface area contributed by atoms with Crippen LogP contribution in [-0.2, 0) is 11.2 Å². The summed E-state index contributed by atoms with van der Waals surface area (Å²) in [5.41, 5.74) is 2.45. The maximum atomic E-state index is 13.8. The smallest absolute Gasteiger partial charge is 0.254 e. The topological polar surface area (TPSA) is 91.3 Å². The van der Waals surface area contributed by atoms with Gasteiger partial charge in [-0.05, 0) is 79.8 Å². The van der Waals surface area contributed by atoms with Gasteiger partial charge < -0.3 is 29.7 Å². The van der Waals surface area contributed by atoms with Gasteiger partial charge in [0.15, 0.2) is 11.5 Å². The standard InChI is InChI=1S/C34H51N3O5/c1-23(2)18-29(35-33(39)19-25-12-15-27(16-13-25)36(5)6)30(38)22-37(21-24(3)4)34(40)26-14-17-31(32(20-26)41-7)42-28-10-8-9-11-28/h12-17,20,23-24,28-30,38H,8-11,18-19,21-22H2,1-7H3,(H,35,39). The summed E-state index contributed by atoms with van der Waals surface area (Å²) in [5, 5.41) is 14.5. The molecule has 8 heteroatoms. The molecule has 0 heterocycles. The second kappa shape index (κ2) is 15.8. The van der Waals surface area contributed by atoms with Crippen LogP contribution < -0.4 is 19.7 Å². The highest BCUT2D eigenvalue weighted by atomic mass is 16.5. The number of ether oxygens (including phenoxy) is 2. The van der Waals surface area contributed by atoms with E-state index in [0.717, 1.165) is 36.9 Å². The van der Waals surface area contributed by atoms with Crippen LogP contribution in [0.1, 0.15) is 75.7 Å². The SMILES string of the molecule is COc1cc(C(=O)N(CC(C)C)CC(O)C(CC(C)C)NC(=O)Cc2ccc(N(C)C)cc2)ccc1OC1CCCC1. The van der Waals surface area contributed by atoms with E-state index >= 15 is 0 Å². The van der Waals surface area contributed by atoms with Gasteiger partial charge in [0.1, 0.15) is 0 Å². The number of carbonyl (C=O) groups is 2. The average Bonchev–Trinajstić information content (AvgIpc) is 3.45. The van der Waals surface area contributed by atoms with Crippen LogP contribution in [0.4, 0.5) is 5.69 Å². The van der Waals surface area contributed by atoms with Crippen LogP contribution in [0.5, 0.6) is 11.5 Å². The van der Waals surface area contributed by atoms with Gasteiger partial charge in [-0.1, -0.05) is 39.8 Å². The van der Waals surface area contributed by atoms with Crippen molar-refractivity contribution in [3.05, 3.63) is 53.6 Å². The van der Waals surface area contributed by atoms with E-state index in [9.17, 15) is 14.7 Å². The van der Waals surface area contributed by atoms with Gasteiger partial charge in [0.05, 0.1) is 31.8 Å². The van der Waals surface area contributed by atoms with Gasteiger partial charge in [-0.3, -0.25) is 9.59 Å². The summed E-state index contributed by atoms with van der Waals surface area (Å²) in [6, 6.07) is 12.7. The fraction of sp³-hybridized carbons (Fsp3) is 0.588. The Morgan fingerprint density at radius 1 is 0.952 bits per heavy atom. The normalized spacial score (nSPS) is 15.0. The number of hydrogen-bond donors (Lipinski definition) is 2. The number of hydrogen-bond acceptors (Lipinski definition) is 6. The molecule has 0 saturated heterocycles. The summed E-state index contributed by atoms with van der Waals surface area (Å²) in [5.74, 6) is 1.27. The van der Waals surface area contributed by atoms with Crippen molar-refractivity contribution in [3.63, 3.8) is 0 Å². The van der Waals surface area contributed by atoms with Crippen molar-refractivity contribution in [1.82, 2.24) is 10.2 Å². The minimum Gasteiger partial charge on any atom is -0.493 e. The monoisotopic (exact) mass is 581 g/mol. The molecule has 8 nitrogen and oxygen atoms in total. The number of carbonyl (C=O) groups excluding carboxylic acids is 2. The lowest BCUT2D eigenvalue weighted by atomic mass is 9.97. The molecule has 1 saturated carbocycles. The van der Waals surface area contributed by atoms with E-state index in [4.69, 9.17) is 9.47 Å². The molecule has 0 spiro atoms. The molecule has 2 N–H and O–H groups in total. The van der Waals surface area contributed by atoms with E-state index < -0.39 is 12.1 Å². The van der Waals surface area contributed by atoms with E-state index in [2.05, 4.69) is 19.2 Å². The first kappa shape index (κ1) is 33.2. The van der Waals surface area contributed by atoms with E-state index in [1.54, 1.807) is 30.2 Å². The molecule has 0 aliphatic heterocycles. The number of aliphatic hydroxyl groups excluding tert-OH is 1. The number of nitrogens with one attached hydrogen (secondary N) is 1. The van der Waals surface area contributed by atoms with Crippen LogP contribution in [0.15, 0.2) is 42.5 Å². The van der Waals surface area contributed by atoms with Crippen molar-refractivity contribution in [1.29, 1.82) is 0 Å². The van der Waals surface area contributed by atoms with Crippen molar-refractivity contribution in [2.75, 3.05) is 39.2 Å². The molecule has 2 amide bonds. The van der Waals surface area contributed by atoms with E-state index in [1.165, 1.54) is 0 Å². The van der Waals surface area contributed by atoms with Crippen LogP contribution in [-0.4, -0.2) is 74.4 Å². The molecule has 0 aromatic heterocycles. The van der Waals surface area contributed by atoms with Crippen molar-refractivity contribution in [3.8, 4) is 11.5 Å². The number of aliphatic hydroxyl groups is 1. The summed E-state index contributed by atoms with van der Waals surface area (Å²) in [7, 11) is 5.53. The molecule has 1 fully saturated rings.